The van der Waals surface area contributed by atoms with Gasteiger partial charge in [-0.3, -0.25) is 0 Å². The molecule has 0 aliphatic heterocycles. The number of fused-ring (bicyclic) bond motifs is 1. The number of aryl methyl sites for hydroxylation is 1. The van der Waals surface area contributed by atoms with Gasteiger partial charge in [0.15, 0.2) is 11.6 Å². The maximum absolute atomic E-state index is 14.0. The lowest BCUT2D eigenvalue weighted by Crippen LogP contribution is -2.20. The minimum atomic E-state index is -0.819. The Labute approximate surface area is 109 Å². The molecule has 1 heterocycles. The molecule has 1 aromatic carbocycles. The Kier molecular flexibility index (Phi) is 2.98. The molecule has 1 saturated carbocycles. The highest BCUT2D eigenvalue weighted by Crippen LogP contribution is 2.36. The van der Waals surface area contributed by atoms with Crippen molar-refractivity contribution in [1.82, 2.24) is 9.55 Å². The van der Waals surface area contributed by atoms with Gasteiger partial charge in [0.1, 0.15) is 11.3 Å². The molecule has 2 nitrogen and oxygen atoms in total. The van der Waals surface area contributed by atoms with Gasteiger partial charge < -0.3 is 4.57 Å². The standard InChI is InChI=1S/C13H13ClF2N2/c14-7-6-11-17-10-5-4-9(15)12(16)13(10)18(11)8-2-1-3-8/h4-5,8H,1-3,6-7H2. The molecule has 0 radical (unpaired) electrons. The van der Waals surface area contributed by atoms with Gasteiger partial charge in [-0.2, -0.15) is 0 Å². The summed E-state index contributed by atoms with van der Waals surface area (Å²) in [5, 5.41) is 0. The minimum Gasteiger partial charge on any atom is -0.322 e. The van der Waals surface area contributed by atoms with E-state index in [1.54, 1.807) is 0 Å². The summed E-state index contributed by atoms with van der Waals surface area (Å²) in [6.45, 7) is 0. The van der Waals surface area contributed by atoms with E-state index in [0.717, 1.165) is 31.2 Å². The molecule has 1 aliphatic rings. The van der Waals surface area contributed by atoms with Crippen molar-refractivity contribution in [2.45, 2.75) is 31.7 Å². The molecule has 3 rings (SSSR count). The number of hydrogen-bond acceptors (Lipinski definition) is 1. The molecule has 1 fully saturated rings. The van der Waals surface area contributed by atoms with Gasteiger partial charge in [-0.05, 0) is 31.4 Å². The van der Waals surface area contributed by atoms with Crippen molar-refractivity contribution in [3.05, 3.63) is 29.6 Å². The first-order valence-corrected chi connectivity index (χ1v) is 6.66. The average Bonchev–Trinajstić information content (AvgIpc) is 2.62. The molecule has 18 heavy (non-hydrogen) atoms. The van der Waals surface area contributed by atoms with Crippen LogP contribution in [0, 0.1) is 11.6 Å². The second-order valence-corrected chi connectivity index (χ2v) is 5.03. The number of benzene rings is 1. The lowest BCUT2D eigenvalue weighted by atomic mass is 9.92. The second-order valence-electron chi connectivity index (χ2n) is 4.65. The Morgan fingerprint density at radius 3 is 2.72 bits per heavy atom. The van der Waals surface area contributed by atoms with Crippen LogP contribution in [-0.4, -0.2) is 15.4 Å². The van der Waals surface area contributed by atoms with E-state index >= 15 is 0 Å². The summed E-state index contributed by atoms with van der Waals surface area (Å²) in [4.78, 5) is 4.38. The zero-order chi connectivity index (χ0) is 12.7. The van der Waals surface area contributed by atoms with Gasteiger partial charge in [0.2, 0.25) is 0 Å². The first-order chi connectivity index (χ1) is 8.72. The van der Waals surface area contributed by atoms with Gasteiger partial charge in [-0.1, -0.05) is 0 Å². The van der Waals surface area contributed by atoms with Crippen LogP contribution in [0.4, 0.5) is 8.78 Å². The third kappa shape index (κ3) is 1.70. The van der Waals surface area contributed by atoms with Crippen molar-refractivity contribution < 1.29 is 8.78 Å². The van der Waals surface area contributed by atoms with Gasteiger partial charge >= 0.3 is 0 Å². The van der Waals surface area contributed by atoms with Gasteiger partial charge in [-0.15, -0.1) is 11.6 Å². The Bertz CT molecular complexity index is 590. The quantitative estimate of drug-likeness (QED) is 0.775. The Hall–Kier alpha value is -1.16. The highest BCUT2D eigenvalue weighted by molar-refractivity contribution is 6.17. The van der Waals surface area contributed by atoms with E-state index < -0.39 is 11.6 Å². The van der Waals surface area contributed by atoms with Crippen molar-refractivity contribution >= 4 is 22.6 Å². The molecule has 0 N–H and O–H groups in total. The SMILES string of the molecule is Fc1ccc2nc(CCCl)n(C3CCC3)c2c1F. The number of rotatable bonds is 3. The summed E-state index contributed by atoms with van der Waals surface area (Å²) >= 11 is 5.75. The molecule has 0 saturated heterocycles. The summed E-state index contributed by atoms with van der Waals surface area (Å²) < 4.78 is 29.2. The van der Waals surface area contributed by atoms with E-state index in [-0.39, 0.29) is 6.04 Å². The third-order valence-corrected chi connectivity index (χ3v) is 3.76. The molecular formula is C13H13ClF2N2. The van der Waals surface area contributed by atoms with Gasteiger partial charge in [-0.25, -0.2) is 13.8 Å². The molecule has 1 aliphatic carbocycles. The molecule has 0 amide bonds. The zero-order valence-electron chi connectivity index (χ0n) is 9.80. The topological polar surface area (TPSA) is 17.8 Å². The van der Waals surface area contributed by atoms with E-state index in [0.29, 0.717) is 23.3 Å². The number of alkyl halides is 1. The molecule has 1 aromatic heterocycles. The molecule has 0 spiro atoms. The van der Waals surface area contributed by atoms with Crippen LogP contribution in [0.2, 0.25) is 0 Å². The monoisotopic (exact) mass is 270 g/mol. The van der Waals surface area contributed by atoms with Crippen molar-refractivity contribution in [3.8, 4) is 0 Å². The maximum Gasteiger partial charge on any atom is 0.184 e. The van der Waals surface area contributed by atoms with Gasteiger partial charge in [0.25, 0.3) is 0 Å². The number of nitrogens with zero attached hydrogens (tertiary/aromatic N) is 2. The van der Waals surface area contributed by atoms with E-state index in [1.165, 1.54) is 6.07 Å². The summed E-state index contributed by atoms with van der Waals surface area (Å²) in [5.74, 6) is -0.428. The number of halogens is 3. The molecule has 0 unspecified atom stereocenters. The molecule has 5 heteroatoms. The van der Waals surface area contributed by atoms with Crippen LogP contribution >= 0.6 is 11.6 Å². The summed E-state index contributed by atoms with van der Waals surface area (Å²) in [6, 6.07) is 2.89. The van der Waals surface area contributed by atoms with Crippen LogP contribution in [0.5, 0.6) is 0 Å². The predicted molar refractivity (Wildman–Crippen MR) is 67.0 cm³/mol. The van der Waals surface area contributed by atoms with Crippen LogP contribution in [0.15, 0.2) is 12.1 Å². The summed E-state index contributed by atoms with van der Waals surface area (Å²) in [6.07, 6.45) is 3.70. The highest BCUT2D eigenvalue weighted by atomic mass is 35.5. The Morgan fingerprint density at radius 2 is 2.11 bits per heavy atom. The van der Waals surface area contributed by atoms with Crippen molar-refractivity contribution in [1.29, 1.82) is 0 Å². The van der Waals surface area contributed by atoms with Crippen LogP contribution in [0.3, 0.4) is 0 Å². The van der Waals surface area contributed by atoms with Crippen molar-refractivity contribution in [2.75, 3.05) is 5.88 Å². The zero-order valence-corrected chi connectivity index (χ0v) is 10.6. The van der Waals surface area contributed by atoms with Crippen LogP contribution < -0.4 is 0 Å². The van der Waals surface area contributed by atoms with Crippen LogP contribution in [0.1, 0.15) is 31.1 Å². The van der Waals surface area contributed by atoms with Crippen LogP contribution in [-0.2, 0) is 6.42 Å². The van der Waals surface area contributed by atoms with Gasteiger partial charge in [0, 0.05) is 18.3 Å². The third-order valence-electron chi connectivity index (χ3n) is 3.57. The average molecular weight is 271 g/mol. The number of aromatic nitrogens is 2. The lowest BCUT2D eigenvalue weighted by molar-refractivity contribution is 0.311. The first-order valence-electron chi connectivity index (χ1n) is 6.13. The Morgan fingerprint density at radius 1 is 1.33 bits per heavy atom. The predicted octanol–water partition coefficient (Wildman–Crippen LogP) is 3.82. The summed E-state index contributed by atoms with van der Waals surface area (Å²) in [5.41, 5.74) is 0.806. The molecular weight excluding hydrogens is 258 g/mol. The normalized spacial score (nSPS) is 16.2. The number of imidazole rings is 1. The maximum atomic E-state index is 14.0. The fourth-order valence-electron chi connectivity index (χ4n) is 2.47. The van der Waals surface area contributed by atoms with E-state index in [9.17, 15) is 8.78 Å². The van der Waals surface area contributed by atoms with Crippen molar-refractivity contribution in [3.63, 3.8) is 0 Å². The fourth-order valence-corrected chi connectivity index (χ4v) is 2.64. The van der Waals surface area contributed by atoms with Crippen LogP contribution in [0.25, 0.3) is 11.0 Å². The van der Waals surface area contributed by atoms with E-state index in [4.69, 9.17) is 11.6 Å². The molecule has 0 bridgehead atoms. The second kappa shape index (κ2) is 4.50. The largest absolute Gasteiger partial charge is 0.322 e. The van der Waals surface area contributed by atoms with E-state index in [1.807, 2.05) is 4.57 Å². The minimum absolute atomic E-state index is 0.240. The molecule has 96 valence electrons. The molecule has 0 atom stereocenters. The number of hydrogen-bond donors (Lipinski definition) is 0. The lowest BCUT2D eigenvalue weighted by Gasteiger charge is -2.29. The summed E-state index contributed by atoms with van der Waals surface area (Å²) in [7, 11) is 0. The Balaban J connectivity index is 2.24. The van der Waals surface area contributed by atoms with E-state index in [2.05, 4.69) is 4.98 Å². The highest BCUT2D eigenvalue weighted by Gasteiger charge is 2.26. The fraction of sp³-hybridized carbons (Fsp3) is 0.462. The van der Waals surface area contributed by atoms with Gasteiger partial charge in [0.05, 0.1) is 5.52 Å². The smallest absolute Gasteiger partial charge is 0.184 e. The molecule has 2 aromatic rings. The van der Waals surface area contributed by atoms with Crippen molar-refractivity contribution in [2.24, 2.45) is 0 Å². The first kappa shape index (κ1) is 11.9.